The average molecular weight is 414 g/mol. The van der Waals surface area contributed by atoms with Gasteiger partial charge < -0.3 is 15.1 Å². The molecule has 1 amide bonds. The molecule has 2 N–H and O–H groups in total. The minimum absolute atomic E-state index is 0.0488. The van der Waals surface area contributed by atoms with Crippen molar-refractivity contribution in [1.29, 1.82) is 0 Å². The normalized spacial score (nSPS) is 14.0. The second-order valence-corrected chi connectivity index (χ2v) is 8.94. The van der Waals surface area contributed by atoms with E-state index in [1.165, 1.54) is 11.1 Å². The maximum absolute atomic E-state index is 13.2. The molecule has 30 heavy (non-hydrogen) atoms. The summed E-state index contributed by atoms with van der Waals surface area (Å²) in [6.07, 6.45) is 12.4. The second-order valence-electron chi connectivity index (χ2n) is 8.94. The molecule has 1 aliphatic carbocycles. The number of amides is 1. The van der Waals surface area contributed by atoms with Crippen molar-refractivity contribution in [2.75, 3.05) is 7.05 Å². The number of nitrogens with zero attached hydrogens (tertiary/aromatic N) is 1. The molecule has 0 unspecified atom stereocenters. The van der Waals surface area contributed by atoms with Crippen LogP contribution >= 0.6 is 0 Å². The van der Waals surface area contributed by atoms with Crippen LogP contribution in [0.5, 0.6) is 11.5 Å². The van der Waals surface area contributed by atoms with E-state index in [0.29, 0.717) is 24.0 Å². The molecule has 0 aliphatic heterocycles. The standard InChI is InChI=1S/C26H39NO3/c1-6-7-8-12-20-17-23(28)22(16-13-19(4)11-9-10-18(2)3)25(29)24(20)26(30)27(5)21-14-15-21/h10,13,17,21,28-29H,6-9,11-12,14-16H2,1-5H3. The van der Waals surface area contributed by atoms with Crippen LogP contribution in [0.1, 0.15) is 94.1 Å². The maximum atomic E-state index is 13.2. The lowest BCUT2D eigenvalue weighted by atomic mass is 9.94. The Bertz CT molecular complexity index is 799. The van der Waals surface area contributed by atoms with Crippen molar-refractivity contribution in [3.05, 3.63) is 46.1 Å². The van der Waals surface area contributed by atoms with Gasteiger partial charge in [-0.25, -0.2) is 0 Å². The number of aromatic hydroxyl groups is 2. The number of rotatable bonds is 11. The highest BCUT2D eigenvalue weighted by atomic mass is 16.3. The van der Waals surface area contributed by atoms with E-state index in [0.717, 1.165) is 50.5 Å². The minimum atomic E-state index is -0.132. The predicted octanol–water partition coefficient (Wildman–Crippen LogP) is 6.30. The summed E-state index contributed by atoms with van der Waals surface area (Å²) in [5.74, 6) is -0.0997. The number of phenolic OH excluding ortho intramolecular Hbond substituents is 2. The topological polar surface area (TPSA) is 60.8 Å². The third kappa shape index (κ3) is 6.65. The highest BCUT2D eigenvalue weighted by Crippen LogP contribution is 2.37. The van der Waals surface area contributed by atoms with Gasteiger partial charge in [0.2, 0.25) is 0 Å². The van der Waals surface area contributed by atoms with Gasteiger partial charge in [0.05, 0.1) is 5.56 Å². The molecular weight excluding hydrogens is 374 g/mol. The summed E-state index contributed by atoms with van der Waals surface area (Å²) in [5, 5.41) is 21.7. The van der Waals surface area contributed by atoms with Crippen molar-refractivity contribution in [1.82, 2.24) is 4.90 Å². The van der Waals surface area contributed by atoms with E-state index in [9.17, 15) is 15.0 Å². The second kappa shape index (κ2) is 11.2. The molecule has 1 aromatic carbocycles. The maximum Gasteiger partial charge on any atom is 0.257 e. The van der Waals surface area contributed by atoms with Crippen molar-refractivity contribution < 1.29 is 15.0 Å². The van der Waals surface area contributed by atoms with Crippen molar-refractivity contribution in [3.8, 4) is 11.5 Å². The number of phenols is 2. The molecule has 4 heteroatoms. The molecule has 0 bridgehead atoms. The van der Waals surface area contributed by atoms with Gasteiger partial charge in [-0.2, -0.15) is 0 Å². The Morgan fingerprint density at radius 2 is 1.87 bits per heavy atom. The summed E-state index contributed by atoms with van der Waals surface area (Å²) in [6, 6.07) is 1.97. The number of carbonyl (C=O) groups excluding carboxylic acids is 1. The zero-order valence-electron chi connectivity index (χ0n) is 19.4. The fourth-order valence-electron chi connectivity index (χ4n) is 3.72. The van der Waals surface area contributed by atoms with E-state index < -0.39 is 0 Å². The van der Waals surface area contributed by atoms with Gasteiger partial charge >= 0.3 is 0 Å². The largest absolute Gasteiger partial charge is 0.508 e. The number of unbranched alkanes of at least 4 members (excludes halogenated alkanes) is 2. The van der Waals surface area contributed by atoms with E-state index in [1.807, 2.05) is 13.1 Å². The summed E-state index contributed by atoms with van der Waals surface area (Å²) >= 11 is 0. The Hall–Kier alpha value is -2.23. The van der Waals surface area contributed by atoms with Crippen LogP contribution in [0.15, 0.2) is 29.4 Å². The number of allylic oxidation sites excluding steroid dienone is 4. The first kappa shape index (κ1) is 24.0. The van der Waals surface area contributed by atoms with Crippen LogP contribution in [-0.4, -0.2) is 34.1 Å². The Morgan fingerprint density at radius 3 is 2.47 bits per heavy atom. The first-order valence-corrected chi connectivity index (χ1v) is 11.4. The van der Waals surface area contributed by atoms with Crippen LogP contribution in [0.2, 0.25) is 0 Å². The Morgan fingerprint density at radius 1 is 1.17 bits per heavy atom. The van der Waals surface area contributed by atoms with Gasteiger partial charge in [-0.15, -0.1) is 0 Å². The lowest BCUT2D eigenvalue weighted by molar-refractivity contribution is 0.0780. The van der Waals surface area contributed by atoms with Gasteiger partial charge in [0, 0.05) is 18.7 Å². The lowest BCUT2D eigenvalue weighted by Crippen LogP contribution is -2.30. The molecule has 1 aliphatic rings. The fraction of sp³-hybridized carbons (Fsp3) is 0.577. The van der Waals surface area contributed by atoms with Gasteiger partial charge in [0.1, 0.15) is 11.5 Å². The molecular formula is C26H39NO3. The Kier molecular flexibility index (Phi) is 9.01. The van der Waals surface area contributed by atoms with Crippen molar-refractivity contribution >= 4 is 5.91 Å². The van der Waals surface area contributed by atoms with Crippen LogP contribution in [-0.2, 0) is 12.8 Å². The quantitative estimate of drug-likeness (QED) is 0.330. The monoisotopic (exact) mass is 413 g/mol. The van der Waals surface area contributed by atoms with Crippen LogP contribution in [0.4, 0.5) is 0 Å². The number of aryl methyl sites for hydroxylation is 1. The van der Waals surface area contributed by atoms with E-state index in [-0.39, 0.29) is 23.4 Å². The number of benzene rings is 1. The van der Waals surface area contributed by atoms with Gasteiger partial charge in [0.15, 0.2) is 0 Å². The van der Waals surface area contributed by atoms with Crippen LogP contribution in [0.3, 0.4) is 0 Å². The molecule has 1 fully saturated rings. The average Bonchev–Trinajstić information content (AvgIpc) is 3.52. The van der Waals surface area contributed by atoms with E-state index in [2.05, 4.69) is 33.8 Å². The van der Waals surface area contributed by atoms with Crippen molar-refractivity contribution in [2.45, 2.75) is 91.5 Å². The molecule has 0 spiro atoms. The molecule has 0 saturated heterocycles. The first-order valence-electron chi connectivity index (χ1n) is 11.4. The summed E-state index contributed by atoms with van der Waals surface area (Å²) in [6.45, 7) is 8.39. The number of hydrogen-bond donors (Lipinski definition) is 2. The number of hydrogen-bond acceptors (Lipinski definition) is 3. The molecule has 1 saturated carbocycles. The smallest absolute Gasteiger partial charge is 0.257 e. The van der Waals surface area contributed by atoms with Gasteiger partial charge in [-0.1, -0.05) is 43.1 Å². The fourth-order valence-corrected chi connectivity index (χ4v) is 3.72. The Labute approximate surface area is 182 Å². The summed E-state index contributed by atoms with van der Waals surface area (Å²) < 4.78 is 0. The molecule has 0 atom stereocenters. The predicted molar refractivity (Wildman–Crippen MR) is 124 cm³/mol. The number of carbonyl (C=O) groups is 1. The SMILES string of the molecule is CCCCCc1cc(O)c(CC=C(C)CCC=C(C)C)c(O)c1C(=O)N(C)C1CC1. The molecule has 1 aromatic rings. The van der Waals surface area contributed by atoms with E-state index in [1.54, 1.807) is 11.0 Å². The van der Waals surface area contributed by atoms with E-state index >= 15 is 0 Å². The van der Waals surface area contributed by atoms with Crippen molar-refractivity contribution in [2.24, 2.45) is 0 Å². The van der Waals surface area contributed by atoms with Gasteiger partial charge in [-0.05, 0) is 77.3 Å². The molecule has 0 aromatic heterocycles. The van der Waals surface area contributed by atoms with E-state index in [4.69, 9.17) is 0 Å². The van der Waals surface area contributed by atoms with Gasteiger partial charge in [0.25, 0.3) is 5.91 Å². The van der Waals surface area contributed by atoms with Crippen LogP contribution in [0.25, 0.3) is 0 Å². The molecule has 0 heterocycles. The lowest BCUT2D eigenvalue weighted by Gasteiger charge is -2.21. The van der Waals surface area contributed by atoms with Crippen LogP contribution < -0.4 is 0 Å². The summed E-state index contributed by atoms with van der Waals surface area (Å²) in [5.41, 5.74) is 4.09. The highest BCUT2D eigenvalue weighted by molar-refractivity contribution is 5.99. The molecule has 166 valence electrons. The highest BCUT2D eigenvalue weighted by Gasteiger charge is 2.33. The third-order valence-corrected chi connectivity index (χ3v) is 5.89. The van der Waals surface area contributed by atoms with Gasteiger partial charge in [-0.3, -0.25) is 4.79 Å². The molecule has 0 radical (unpaired) electrons. The van der Waals surface area contributed by atoms with Crippen LogP contribution in [0, 0.1) is 0 Å². The summed E-state index contributed by atoms with van der Waals surface area (Å²) in [7, 11) is 1.81. The van der Waals surface area contributed by atoms with Crippen molar-refractivity contribution in [3.63, 3.8) is 0 Å². The Balaban J connectivity index is 2.30. The third-order valence-electron chi connectivity index (χ3n) is 5.89. The molecule has 4 nitrogen and oxygen atoms in total. The zero-order valence-corrected chi connectivity index (χ0v) is 19.4. The minimum Gasteiger partial charge on any atom is -0.508 e. The zero-order chi connectivity index (χ0) is 22.3. The summed E-state index contributed by atoms with van der Waals surface area (Å²) in [4.78, 5) is 14.9. The molecule has 2 rings (SSSR count). The first-order chi connectivity index (χ1) is 14.3.